The van der Waals surface area contributed by atoms with E-state index in [1.165, 1.54) is 0 Å². The molecule has 1 amide bonds. The lowest BCUT2D eigenvalue weighted by atomic mass is 9.82. The first-order chi connectivity index (χ1) is 9.63. The molecule has 1 aliphatic carbocycles. The number of amides is 1. The summed E-state index contributed by atoms with van der Waals surface area (Å²) >= 11 is 0. The number of aliphatic hydroxyl groups excluding tert-OH is 1. The number of nitrogens with two attached hydrogens (primary N) is 1. The Morgan fingerprint density at radius 2 is 2.10 bits per heavy atom. The fourth-order valence-electron chi connectivity index (χ4n) is 2.64. The number of nitrogen functional groups attached to an aromatic ring is 1. The Kier molecular flexibility index (Phi) is 4.84. The Bertz CT molecular complexity index is 456. The predicted octanol–water partition coefficient (Wildman–Crippen LogP) is 1.46. The first kappa shape index (κ1) is 14.7. The molecule has 110 valence electrons. The molecule has 1 aromatic rings. The van der Waals surface area contributed by atoms with Gasteiger partial charge in [0.2, 0.25) is 0 Å². The molecule has 0 heterocycles. The number of anilines is 1. The molecule has 0 unspecified atom stereocenters. The minimum atomic E-state index is -0.464. The summed E-state index contributed by atoms with van der Waals surface area (Å²) in [5.41, 5.74) is 5.78. The number of benzene rings is 1. The number of hydrogen-bond acceptors (Lipinski definition) is 4. The molecular formula is C15H22N2O3. The molecule has 0 spiro atoms. The molecule has 2 rings (SSSR count). The van der Waals surface area contributed by atoms with Crippen LogP contribution in [0.1, 0.15) is 32.1 Å². The van der Waals surface area contributed by atoms with Gasteiger partial charge in [-0.2, -0.15) is 0 Å². The normalized spacial score (nSPS) is 17.4. The highest BCUT2D eigenvalue weighted by molar-refractivity contribution is 5.78. The molecular weight excluding hydrogens is 256 g/mol. The average Bonchev–Trinajstić information content (AvgIpc) is 2.46. The molecule has 1 fully saturated rings. The van der Waals surface area contributed by atoms with Crippen LogP contribution in [0.2, 0.25) is 0 Å². The maximum atomic E-state index is 12.0. The number of rotatable bonds is 5. The van der Waals surface area contributed by atoms with Crippen LogP contribution in [0.5, 0.6) is 5.75 Å². The monoisotopic (exact) mass is 278 g/mol. The van der Waals surface area contributed by atoms with E-state index in [1.807, 2.05) is 0 Å². The zero-order chi connectivity index (χ0) is 14.4. The number of ether oxygens (including phenoxy) is 1. The minimum Gasteiger partial charge on any atom is -0.484 e. The molecule has 0 saturated heterocycles. The number of aliphatic hydroxyl groups is 1. The predicted molar refractivity (Wildman–Crippen MR) is 77.4 cm³/mol. The largest absolute Gasteiger partial charge is 0.484 e. The molecule has 4 N–H and O–H groups in total. The Labute approximate surface area is 119 Å². The van der Waals surface area contributed by atoms with Gasteiger partial charge in [-0.25, -0.2) is 0 Å². The fraction of sp³-hybridized carbons (Fsp3) is 0.533. The quantitative estimate of drug-likeness (QED) is 0.712. The topological polar surface area (TPSA) is 84.6 Å². The Morgan fingerprint density at radius 3 is 2.75 bits per heavy atom. The first-order valence-corrected chi connectivity index (χ1v) is 7.04. The first-order valence-electron chi connectivity index (χ1n) is 7.04. The number of carbonyl (C=O) groups is 1. The van der Waals surface area contributed by atoms with E-state index in [-0.39, 0.29) is 19.1 Å². The Morgan fingerprint density at radius 1 is 1.35 bits per heavy atom. The van der Waals surface area contributed by atoms with Crippen LogP contribution >= 0.6 is 0 Å². The molecule has 1 aliphatic rings. The van der Waals surface area contributed by atoms with Crippen molar-refractivity contribution in [2.45, 2.75) is 37.6 Å². The third-order valence-electron chi connectivity index (χ3n) is 3.75. The van der Waals surface area contributed by atoms with E-state index in [4.69, 9.17) is 10.5 Å². The Hall–Kier alpha value is -1.75. The van der Waals surface area contributed by atoms with Crippen LogP contribution < -0.4 is 15.8 Å². The molecule has 1 saturated carbocycles. The van der Waals surface area contributed by atoms with Crippen LogP contribution in [0.25, 0.3) is 0 Å². The highest BCUT2D eigenvalue weighted by Crippen LogP contribution is 2.27. The second kappa shape index (κ2) is 6.61. The van der Waals surface area contributed by atoms with Crippen molar-refractivity contribution in [1.82, 2.24) is 5.32 Å². The van der Waals surface area contributed by atoms with Gasteiger partial charge in [0.15, 0.2) is 6.61 Å². The third kappa shape index (κ3) is 3.87. The number of hydrogen-bond donors (Lipinski definition) is 3. The summed E-state index contributed by atoms with van der Waals surface area (Å²) in [6.07, 6.45) is 4.90. The number of nitrogens with one attached hydrogen (secondary N) is 1. The summed E-state index contributed by atoms with van der Waals surface area (Å²) in [4.78, 5) is 12.0. The van der Waals surface area contributed by atoms with Crippen LogP contribution in [-0.2, 0) is 4.79 Å². The smallest absolute Gasteiger partial charge is 0.258 e. The fourth-order valence-corrected chi connectivity index (χ4v) is 2.64. The maximum absolute atomic E-state index is 12.0. The van der Waals surface area contributed by atoms with E-state index >= 15 is 0 Å². The van der Waals surface area contributed by atoms with E-state index in [0.29, 0.717) is 11.4 Å². The van der Waals surface area contributed by atoms with Gasteiger partial charge in [0, 0.05) is 11.8 Å². The van der Waals surface area contributed by atoms with Crippen molar-refractivity contribution in [3.8, 4) is 5.75 Å². The van der Waals surface area contributed by atoms with Crippen LogP contribution in [0.4, 0.5) is 5.69 Å². The summed E-state index contributed by atoms with van der Waals surface area (Å²) in [6, 6.07) is 6.97. The SMILES string of the molecule is Nc1cccc(OCC(=O)NC2(CO)CCCCC2)c1. The zero-order valence-corrected chi connectivity index (χ0v) is 11.6. The van der Waals surface area contributed by atoms with Gasteiger partial charge in [0.1, 0.15) is 5.75 Å². The van der Waals surface area contributed by atoms with Gasteiger partial charge in [-0.15, -0.1) is 0 Å². The van der Waals surface area contributed by atoms with Crippen LogP contribution in [0, 0.1) is 0 Å². The van der Waals surface area contributed by atoms with Gasteiger partial charge >= 0.3 is 0 Å². The summed E-state index contributed by atoms with van der Waals surface area (Å²) in [5.74, 6) is 0.366. The lowest BCUT2D eigenvalue weighted by Crippen LogP contribution is -2.53. The van der Waals surface area contributed by atoms with Gasteiger partial charge in [-0.3, -0.25) is 4.79 Å². The van der Waals surface area contributed by atoms with E-state index < -0.39 is 5.54 Å². The zero-order valence-electron chi connectivity index (χ0n) is 11.6. The van der Waals surface area contributed by atoms with Crippen molar-refractivity contribution in [3.05, 3.63) is 24.3 Å². The average molecular weight is 278 g/mol. The summed E-state index contributed by atoms with van der Waals surface area (Å²) in [7, 11) is 0. The molecule has 5 nitrogen and oxygen atoms in total. The van der Waals surface area contributed by atoms with Crippen LogP contribution in [-0.4, -0.2) is 29.8 Å². The molecule has 0 radical (unpaired) electrons. The van der Waals surface area contributed by atoms with Crippen molar-refractivity contribution in [1.29, 1.82) is 0 Å². The second-order valence-corrected chi connectivity index (χ2v) is 5.41. The van der Waals surface area contributed by atoms with Gasteiger partial charge in [-0.1, -0.05) is 25.3 Å². The second-order valence-electron chi connectivity index (χ2n) is 5.41. The molecule has 0 aliphatic heterocycles. The van der Waals surface area contributed by atoms with Crippen molar-refractivity contribution in [2.75, 3.05) is 18.9 Å². The van der Waals surface area contributed by atoms with Gasteiger partial charge in [0.05, 0.1) is 12.1 Å². The highest BCUT2D eigenvalue weighted by atomic mass is 16.5. The van der Waals surface area contributed by atoms with E-state index in [1.54, 1.807) is 24.3 Å². The lowest BCUT2D eigenvalue weighted by molar-refractivity contribution is -0.126. The van der Waals surface area contributed by atoms with Gasteiger partial charge in [0.25, 0.3) is 5.91 Å². The maximum Gasteiger partial charge on any atom is 0.258 e. The Balaban J connectivity index is 1.85. The van der Waals surface area contributed by atoms with Crippen molar-refractivity contribution < 1.29 is 14.6 Å². The van der Waals surface area contributed by atoms with Gasteiger partial charge < -0.3 is 20.9 Å². The van der Waals surface area contributed by atoms with Crippen molar-refractivity contribution in [2.24, 2.45) is 0 Å². The minimum absolute atomic E-state index is 0.0168. The standard InChI is InChI=1S/C15H22N2O3/c16-12-5-4-6-13(9-12)20-10-14(19)17-15(11-18)7-2-1-3-8-15/h4-6,9,18H,1-3,7-8,10-11,16H2,(H,17,19). The molecule has 0 atom stereocenters. The van der Waals surface area contributed by atoms with E-state index in [2.05, 4.69) is 5.32 Å². The third-order valence-corrected chi connectivity index (χ3v) is 3.75. The molecule has 20 heavy (non-hydrogen) atoms. The van der Waals surface area contributed by atoms with Crippen molar-refractivity contribution >= 4 is 11.6 Å². The van der Waals surface area contributed by atoms with Gasteiger partial charge in [-0.05, 0) is 25.0 Å². The van der Waals surface area contributed by atoms with E-state index in [0.717, 1.165) is 32.1 Å². The summed E-state index contributed by atoms with van der Waals surface area (Å²) < 4.78 is 5.41. The van der Waals surface area contributed by atoms with E-state index in [9.17, 15) is 9.90 Å². The molecule has 0 aromatic heterocycles. The lowest BCUT2D eigenvalue weighted by Gasteiger charge is -2.36. The highest BCUT2D eigenvalue weighted by Gasteiger charge is 2.32. The number of carbonyl (C=O) groups excluding carboxylic acids is 1. The molecule has 0 bridgehead atoms. The van der Waals surface area contributed by atoms with Crippen LogP contribution in [0.3, 0.4) is 0 Å². The summed E-state index contributed by atoms with van der Waals surface area (Å²) in [6.45, 7) is -0.0811. The van der Waals surface area contributed by atoms with Crippen molar-refractivity contribution in [3.63, 3.8) is 0 Å². The molecule has 5 heteroatoms. The summed E-state index contributed by atoms with van der Waals surface area (Å²) in [5, 5.41) is 12.5. The molecule has 1 aromatic carbocycles. The van der Waals surface area contributed by atoms with Crippen LogP contribution in [0.15, 0.2) is 24.3 Å².